The van der Waals surface area contributed by atoms with Gasteiger partial charge in [-0.05, 0) is 5.41 Å². The van der Waals surface area contributed by atoms with Gasteiger partial charge in [0.2, 0.25) is 5.91 Å². The minimum Gasteiger partial charge on any atom is -0.481 e. The monoisotopic (exact) mass is 242 g/mol. The number of hydrogen-bond donors (Lipinski definition) is 1. The average molecular weight is 242 g/mol. The molecule has 5 heteroatoms. The van der Waals surface area contributed by atoms with Crippen molar-refractivity contribution in [3.8, 4) is 0 Å². The van der Waals surface area contributed by atoms with Gasteiger partial charge in [-0.1, -0.05) is 20.8 Å². The topological polar surface area (TPSA) is 60.9 Å². The van der Waals surface area contributed by atoms with Gasteiger partial charge in [-0.25, -0.2) is 0 Å². The number of hydrogen-bond acceptors (Lipinski definition) is 3. The number of aliphatic carboxylic acids is 1. The molecule has 5 nitrogen and oxygen atoms in total. The standard InChI is InChI=1S/C12H22N2O3/c1-12(2,3)8-14-6-5-13(4)11(17)9(14)7-10(15)16/h9H,5-8H2,1-4H3,(H,15,16). The molecular weight excluding hydrogens is 220 g/mol. The summed E-state index contributed by atoms with van der Waals surface area (Å²) in [5, 5.41) is 8.89. The highest BCUT2D eigenvalue weighted by molar-refractivity contribution is 5.86. The van der Waals surface area contributed by atoms with E-state index in [0.29, 0.717) is 6.54 Å². The molecule has 1 fully saturated rings. The number of amides is 1. The van der Waals surface area contributed by atoms with Crippen LogP contribution in [-0.4, -0.2) is 59.5 Å². The first kappa shape index (κ1) is 14.0. The summed E-state index contributed by atoms with van der Waals surface area (Å²) in [6, 6.07) is -0.509. The number of rotatable bonds is 3. The minimum atomic E-state index is -0.919. The molecule has 1 unspecified atom stereocenters. The first-order valence-corrected chi connectivity index (χ1v) is 5.91. The molecule has 0 radical (unpaired) electrons. The van der Waals surface area contributed by atoms with E-state index in [1.54, 1.807) is 11.9 Å². The molecule has 0 aromatic carbocycles. The zero-order valence-corrected chi connectivity index (χ0v) is 11.1. The van der Waals surface area contributed by atoms with Gasteiger partial charge in [0.25, 0.3) is 0 Å². The van der Waals surface area contributed by atoms with Gasteiger partial charge in [-0.15, -0.1) is 0 Å². The molecule has 1 aliphatic heterocycles. The van der Waals surface area contributed by atoms with Crippen LogP contribution in [0.15, 0.2) is 0 Å². The Morgan fingerprint density at radius 3 is 2.47 bits per heavy atom. The maximum atomic E-state index is 12.0. The summed E-state index contributed by atoms with van der Waals surface area (Å²) in [5.74, 6) is -1.000. The highest BCUT2D eigenvalue weighted by Gasteiger charge is 2.36. The normalized spacial score (nSPS) is 22.9. The lowest BCUT2D eigenvalue weighted by Crippen LogP contribution is -2.57. The van der Waals surface area contributed by atoms with Crippen LogP contribution < -0.4 is 0 Å². The largest absolute Gasteiger partial charge is 0.481 e. The van der Waals surface area contributed by atoms with Crippen LogP contribution in [0.5, 0.6) is 0 Å². The van der Waals surface area contributed by atoms with Gasteiger partial charge in [0.15, 0.2) is 0 Å². The Balaban J connectivity index is 2.79. The van der Waals surface area contributed by atoms with Gasteiger partial charge >= 0.3 is 5.97 Å². The van der Waals surface area contributed by atoms with Gasteiger partial charge in [0, 0.05) is 26.7 Å². The van der Waals surface area contributed by atoms with Crippen LogP contribution in [0.2, 0.25) is 0 Å². The second kappa shape index (κ2) is 5.04. The van der Waals surface area contributed by atoms with Gasteiger partial charge in [-0.3, -0.25) is 14.5 Å². The fourth-order valence-electron chi connectivity index (χ4n) is 2.14. The average Bonchev–Trinajstić information content (AvgIpc) is 2.15. The number of nitrogens with zero attached hydrogens (tertiary/aromatic N) is 2. The second-order valence-corrected chi connectivity index (χ2v) is 5.90. The third-order valence-electron chi connectivity index (χ3n) is 2.87. The van der Waals surface area contributed by atoms with Crippen LogP contribution in [0.3, 0.4) is 0 Å². The minimum absolute atomic E-state index is 0.0624. The molecule has 1 rings (SSSR count). The van der Waals surface area contributed by atoms with E-state index >= 15 is 0 Å². The molecule has 0 saturated carbocycles. The van der Waals surface area contributed by atoms with Crippen molar-refractivity contribution in [3.05, 3.63) is 0 Å². The van der Waals surface area contributed by atoms with Crippen LogP contribution in [0.1, 0.15) is 27.2 Å². The summed E-state index contributed by atoms with van der Waals surface area (Å²) in [6.45, 7) is 8.43. The Labute approximate surface area is 102 Å². The molecule has 17 heavy (non-hydrogen) atoms. The number of piperazine rings is 1. The van der Waals surface area contributed by atoms with Crippen LogP contribution in [0, 0.1) is 5.41 Å². The first-order valence-electron chi connectivity index (χ1n) is 5.91. The van der Waals surface area contributed by atoms with Crippen molar-refractivity contribution >= 4 is 11.9 Å². The zero-order chi connectivity index (χ0) is 13.2. The van der Waals surface area contributed by atoms with Crippen molar-refractivity contribution in [3.63, 3.8) is 0 Å². The Bertz CT molecular complexity index is 309. The van der Waals surface area contributed by atoms with Crippen molar-refractivity contribution < 1.29 is 14.7 Å². The molecule has 1 heterocycles. The zero-order valence-electron chi connectivity index (χ0n) is 11.1. The summed E-state index contributed by atoms with van der Waals surface area (Å²) < 4.78 is 0. The van der Waals surface area contributed by atoms with E-state index < -0.39 is 12.0 Å². The fraction of sp³-hybridized carbons (Fsp3) is 0.833. The van der Waals surface area contributed by atoms with Crippen molar-refractivity contribution in [2.24, 2.45) is 5.41 Å². The molecule has 1 atom stereocenters. The molecule has 0 bridgehead atoms. The van der Waals surface area contributed by atoms with Gasteiger partial charge in [0.1, 0.15) is 0 Å². The lowest BCUT2D eigenvalue weighted by molar-refractivity contribution is -0.149. The molecule has 1 aliphatic rings. The Morgan fingerprint density at radius 1 is 1.41 bits per heavy atom. The Hall–Kier alpha value is -1.10. The molecule has 0 aromatic heterocycles. The fourth-order valence-corrected chi connectivity index (χ4v) is 2.14. The van der Waals surface area contributed by atoms with Crippen molar-refractivity contribution in [2.45, 2.75) is 33.2 Å². The number of carboxylic acids is 1. The highest BCUT2D eigenvalue weighted by atomic mass is 16.4. The molecule has 0 aliphatic carbocycles. The number of likely N-dealkylation sites (N-methyl/N-ethyl adjacent to an activating group) is 1. The van der Waals surface area contributed by atoms with Gasteiger partial charge < -0.3 is 10.0 Å². The molecule has 1 amide bonds. The maximum Gasteiger partial charge on any atom is 0.305 e. The van der Waals surface area contributed by atoms with Gasteiger partial charge in [0.05, 0.1) is 12.5 Å². The summed E-state index contributed by atoms with van der Waals surface area (Å²) in [7, 11) is 1.73. The number of carbonyl (C=O) groups is 2. The summed E-state index contributed by atoms with van der Waals surface area (Å²) in [4.78, 5) is 26.4. The van der Waals surface area contributed by atoms with Crippen molar-refractivity contribution in [1.29, 1.82) is 0 Å². The van der Waals surface area contributed by atoms with E-state index in [4.69, 9.17) is 5.11 Å². The molecule has 98 valence electrons. The van der Waals surface area contributed by atoms with E-state index in [9.17, 15) is 9.59 Å². The van der Waals surface area contributed by atoms with Crippen molar-refractivity contribution in [2.75, 3.05) is 26.7 Å². The quantitative estimate of drug-likeness (QED) is 0.789. The molecule has 0 spiro atoms. The van der Waals surface area contributed by atoms with E-state index in [2.05, 4.69) is 20.8 Å². The second-order valence-electron chi connectivity index (χ2n) is 5.90. The van der Waals surface area contributed by atoms with E-state index in [-0.39, 0.29) is 17.7 Å². The summed E-state index contributed by atoms with van der Waals surface area (Å²) in [5.41, 5.74) is 0.0624. The van der Waals surface area contributed by atoms with Crippen LogP contribution in [0.25, 0.3) is 0 Å². The van der Waals surface area contributed by atoms with E-state index in [1.807, 2.05) is 4.90 Å². The van der Waals surface area contributed by atoms with Crippen LogP contribution >= 0.6 is 0 Å². The molecule has 1 saturated heterocycles. The van der Waals surface area contributed by atoms with Crippen LogP contribution in [0.4, 0.5) is 0 Å². The predicted octanol–water partition coefficient (Wildman–Crippen LogP) is 0.650. The van der Waals surface area contributed by atoms with Gasteiger partial charge in [-0.2, -0.15) is 0 Å². The van der Waals surface area contributed by atoms with Crippen LogP contribution in [-0.2, 0) is 9.59 Å². The SMILES string of the molecule is CN1CCN(CC(C)(C)C)C(CC(=O)O)C1=O. The van der Waals surface area contributed by atoms with E-state index in [1.165, 1.54) is 0 Å². The first-order chi connectivity index (χ1) is 7.70. The summed E-state index contributed by atoms with van der Waals surface area (Å²) >= 11 is 0. The smallest absolute Gasteiger partial charge is 0.305 e. The number of carboxylic acid groups (broad SMARTS) is 1. The Kier molecular flexibility index (Phi) is 4.14. The number of carbonyl (C=O) groups excluding carboxylic acids is 1. The third-order valence-corrected chi connectivity index (χ3v) is 2.87. The lowest BCUT2D eigenvalue weighted by Gasteiger charge is -2.41. The Morgan fingerprint density at radius 2 is 2.00 bits per heavy atom. The molecule has 0 aromatic rings. The maximum absolute atomic E-state index is 12.0. The van der Waals surface area contributed by atoms with Crippen molar-refractivity contribution in [1.82, 2.24) is 9.80 Å². The summed E-state index contributed by atoms with van der Waals surface area (Å²) in [6.07, 6.45) is -0.112. The van der Waals surface area contributed by atoms with E-state index in [0.717, 1.165) is 13.1 Å². The predicted molar refractivity (Wildman–Crippen MR) is 64.7 cm³/mol. The third kappa shape index (κ3) is 4.00. The lowest BCUT2D eigenvalue weighted by atomic mass is 9.94. The molecule has 1 N–H and O–H groups in total. The molecular formula is C12H22N2O3. The highest BCUT2D eigenvalue weighted by Crippen LogP contribution is 2.21.